The zero-order valence-electron chi connectivity index (χ0n) is 12.8. The molecule has 2 heterocycles. The van der Waals surface area contributed by atoms with Crippen molar-refractivity contribution in [2.75, 3.05) is 19.6 Å². The van der Waals surface area contributed by atoms with Crippen molar-refractivity contribution in [3.05, 3.63) is 0 Å². The van der Waals surface area contributed by atoms with Gasteiger partial charge in [0, 0.05) is 24.9 Å². The molecule has 6 heteroatoms. The number of esters is 1. The van der Waals surface area contributed by atoms with E-state index in [2.05, 4.69) is 5.32 Å². The van der Waals surface area contributed by atoms with Gasteiger partial charge in [0.25, 0.3) is 5.91 Å². The third-order valence-corrected chi connectivity index (χ3v) is 4.16. The molecule has 0 aromatic heterocycles. The summed E-state index contributed by atoms with van der Waals surface area (Å²) in [4.78, 5) is 37.3. The molecule has 2 fully saturated rings. The van der Waals surface area contributed by atoms with Gasteiger partial charge in [-0.25, -0.2) is 0 Å². The van der Waals surface area contributed by atoms with E-state index in [1.807, 2.05) is 13.8 Å². The van der Waals surface area contributed by atoms with Crippen LogP contribution in [-0.4, -0.2) is 48.4 Å². The average Bonchev–Trinajstić information content (AvgIpc) is 2.65. The molecule has 0 aliphatic carbocycles. The van der Waals surface area contributed by atoms with Gasteiger partial charge in [-0.05, 0) is 12.8 Å². The molecule has 1 atom stereocenters. The van der Waals surface area contributed by atoms with Crippen LogP contribution in [0.4, 0.5) is 0 Å². The van der Waals surface area contributed by atoms with Gasteiger partial charge in [-0.3, -0.25) is 14.4 Å². The highest BCUT2D eigenvalue weighted by Crippen LogP contribution is 2.27. The van der Waals surface area contributed by atoms with E-state index < -0.39 is 17.5 Å². The number of amides is 2. The van der Waals surface area contributed by atoms with E-state index in [1.54, 1.807) is 4.90 Å². The molecular weight excluding hydrogens is 272 g/mol. The summed E-state index contributed by atoms with van der Waals surface area (Å²) in [6.45, 7) is 4.79. The SMILES string of the molecule is CC1(C)CNC(=O)[C@@H]1OC(=O)CN1CCCCCCC1=O. The Morgan fingerprint density at radius 2 is 2.00 bits per heavy atom. The molecule has 6 nitrogen and oxygen atoms in total. The van der Waals surface area contributed by atoms with Gasteiger partial charge in [-0.1, -0.05) is 26.7 Å². The molecule has 0 aromatic rings. The number of likely N-dealkylation sites (tertiary alicyclic amines) is 1. The number of rotatable bonds is 3. The first-order valence-electron chi connectivity index (χ1n) is 7.65. The van der Waals surface area contributed by atoms with Crippen LogP contribution in [0.2, 0.25) is 0 Å². The number of ether oxygens (including phenoxy) is 1. The Bertz CT molecular complexity index is 433. The number of carbonyl (C=O) groups excluding carboxylic acids is 3. The van der Waals surface area contributed by atoms with Crippen molar-refractivity contribution in [3.63, 3.8) is 0 Å². The summed E-state index contributed by atoms with van der Waals surface area (Å²) in [5.74, 6) is -0.756. The quantitative estimate of drug-likeness (QED) is 0.783. The molecule has 118 valence electrons. The van der Waals surface area contributed by atoms with E-state index in [4.69, 9.17) is 4.74 Å². The van der Waals surface area contributed by atoms with Crippen molar-refractivity contribution in [1.29, 1.82) is 0 Å². The van der Waals surface area contributed by atoms with Gasteiger partial charge < -0.3 is 15.0 Å². The molecule has 0 saturated carbocycles. The highest BCUT2D eigenvalue weighted by Gasteiger charge is 2.44. The van der Waals surface area contributed by atoms with Crippen molar-refractivity contribution < 1.29 is 19.1 Å². The lowest BCUT2D eigenvalue weighted by Crippen LogP contribution is -2.42. The van der Waals surface area contributed by atoms with Crippen LogP contribution in [0.25, 0.3) is 0 Å². The van der Waals surface area contributed by atoms with Crippen molar-refractivity contribution in [3.8, 4) is 0 Å². The lowest BCUT2D eigenvalue weighted by molar-refractivity contribution is -0.161. The zero-order valence-corrected chi connectivity index (χ0v) is 12.8. The van der Waals surface area contributed by atoms with E-state index in [-0.39, 0.29) is 18.4 Å². The molecule has 0 unspecified atom stereocenters. The van der Waals surface area contributed by atoms with Crippen LogP contribution in [0.5, 0.6) is 0 Å². The second-order valence-electron chi connectivity index (χ2n) is 6.56. The Labute approximate surface area is 125 Å². The van der Waals surface area contributed by atoms with Gasteiger partial charge in [0.2, 0.25) is 5.91 Å². The fourth-order valence-electron chi connectivity index (χ4n) is 2.78. The Balaban J connectivity index is 1.91. The van der Waals surface area contributed by atoms with E-state index in [1.165, 1.54) is 0 Å². The maximum Gasteiger partial charge on any atom is 0.326 e. The van der Waals surface area contributed by atoms with Gasteiger partial charge in [-0.15, -0.1) is 0 Å². The topological polar surface area (TPSA) is 75.7 Å². The third kappa shape index (κ3) is 3.95. The first-order chi connectivity index (χ1) is 9.90. The zero-order chi connectivity index (χ0) is 15.5. The summed E-state index contributed by atoms with van der Waals surface area (Å²) in [7, 11) is 0. The monoisotopic (exact) mass is 296 g/mol. The van der Waals surface area contributed by atoms with Crippen LogP contribution in [0.3, 0.4) is 0 Å². The van der Waals surface area contributed by atoms with E-state index >= 15 is 0 Å². The van der Waals surface area contributed by atoms with Gasteiger partial charge >= 0.3 is 5.97 Å². The first-order valence-corrected chi connectivity index (χ1v) is 7.65. The lowest BCUT2D eigenvalue weighted by Gasteiger charge is -2.27. The lowest BCUT2D eigenvalue weighted by atomic mass is 9.90. The van der Waals surface area contributed by atoms with Crippen molar-refractivity contribution in [2.24, 2.45) is 5.41 Å². The number of hydrogen-bond acceptors (Lipinski definition) is 4. The average molecular weight is 296 g/mol. The van der Waals surface area contributed by atoms with Crippen LogP contribution in [0, 0.1) is 5.41 Å². The van der Waals surface area contributed by atoms with Crippen LogP contribution in [-0.2, 0) is 19.1 Å². The Kier molecular flexibility index (Phi) is 4.85. The summed E-state index contributed by atoms with van der Waals surface area (Å²) in [6, 6.07) is 0. The van der Waals surface area contributed by atoms with Gasteiger partial charge in [0.15, 0.2) is 6.10 Å². The first kappa shape index (κ1) is 15.8. The Morgan fingerprint density at radius 1 is 1.29 bits per heavy atom. The third-order valence-electron chi connectivity index (χ3n) is 4.16. The summed E-state index contributed by atoms with van der Waals surface area (Å²) in [6.07, 6.45) is 3.66. The molecule has 2 aliphatic heterocycles. The number of nitrogens with zero attached hydrogens (tertiary/aromatic N) is 1. The Hall–Kier alpha value is -1.59. The van der Waals surface area contributed by atoms with Gasteiger partial charge in [-0.2, -0.15) is 0 Å². The largest absolute Gasteiger partial charge is 0.450 e. The minimum atomic E-state index is -0.769. The van der Waals surface area contributed by atoms with E-state index in [9.17, 15) is 14.4 Å². The fraction of sp³-hybridized carbons (Fsp3) is 0.800. The summed E-state index contributed by atoms with van der Waals surface area (Å²) >= 11 is 0. The summed E-state index contributed by atoms with van der Waals surface area (Å²) in [5.41, 5.74) is -0.410. The normalized spacial score (nSPS) is 26.0. The standard InChI is InChI=1S/C15H24N2O4/c1-15(2)10-16-14(20)13(15)21-12(19)9-17-8-6-4-3-5-7-11(17)18/h13H,3-10H2,1-2H3,(H,16,20)/t13-/m0/s1. The van der Waals surface area contributed by atoms with Crippen LogP contribution in [0.15, 0.2) is 0 Å². The highest BCUT2D eigenvalue weighted by molar-refractivity contribution is 5.88. The van der Waals surface area contributed by atoms with Crippen molar-refractivity contribution in [2.45, 2.75) is 52.1 Å². The van der Waals surface area contributed by atoms with E-state index in [0.29, 0.717) is 19.5 Å². The molecule has 2 aliphatic rings. The van der Waals surface area contributed by atoms with Gasteiger partial charge in [0.05, 0.1) is 0 Å². The Morgan fingerprint density at radius 3 is 2.67 bits per heavy atom. The van der Waals surface area contributed by atoms with Gasteiger partial charge in [0.1, 0.15) is 6.54 Å². The maximum absolute atomic E-state index is 12.0. The smallest absolute Gasteiger partial charge is 0.326 e. The molecule has 0 radical (unpaired) electrons. The predicted molar refractivity (Wildman–Crippen MR) is 76.3 cm³/mol. The van der Waals surface area contributed by atoms with Crippen molar-refractivity contribution >= 4 is 17.8 Å². The second-order valence-corrected chi connectivity index (χ2v) is 6.56. The maximum atomic E-state index is 12.0. The molecule has 2 rings (SSSR count). The molecule has 0 spiro atoms. The van der Waals surface area contributed by atoms with E-state index in [0.717, 1.165) is 25.7 Å². The molecule has 1 N–H and O–H groups in total. The fourth-order valence-corrected chi connectivity index (χ4v) is 2.78. The molecule has 2 saturated heterocycles. The molecule has 2 amide bonds. The molecule has 21 heavy (non-hydrogen) atoms. The van der Waals surface area contributed by atoms with Crippen LogP contribution >= 0.6 is 0 Å². The minimum Gasteiger partial charge on any atom is -0.450 e. The second kappa shape index (κ2) is 6.45. The van der Waals surface area contributed by atoms with Crippen molar-refractivity contribution in [1.82, 2.24) is 10.2 Å². The molecular formula is C15H24N2O4. The number of nitrogens with one attached hydrogen (secondary N) is 1. The summed E-state index contributed by atoms with van der Waals surface area (Å²) < 4.78 is 5.32. The number of carbonyl (C=O) groups is 3. The highest BCUT2D eigenvalue weighted by atomic mass is 16.6. The number of hydrogen-bond donors (Lipinski definition) is 1. The van der Waals surface area contributed by atoms with Crippen LogP contribution in [0.1, 0.15) is 46.0 Å². The minimum absolute atomic E-state index is 0.00165. The summed E-state index contributed by atoms with van der Waals surface area (Å²) in [5, 5.41) is 2.70. The van der Waals surface area contributed by atoms with Crippen LogP contribution < -0.4 is 5.32 Å². The predicted octanol–water partition coefficient (Wildman–Crippen LogP) is 0.847. The molecule has 0 bridgehead atoms. The molecule has 0 aromatic carbocycles.